The monoisotopic (exact) mass is 298 g/mol. The highest BCUT2D eigenvalue weighted by molar-refractivity contribution is 7.90. The van der Waals surface area contributed by atoms with Crippen LogP contribution >= 0.6 is 11.3 Å². The van der Waals surface area contributed by atoms with Crippen molar-refractivity contribution in [1.29, 1.82) is 0 Å². The molecule has 0 unspecified atom stereocenters. The number of benzene rings is 1. The molecule has 2 aromatic rings. The highest BCUT2D eigenvalue weighted by Crippen LogP contribution is 2.34. The molecule has 1 aromatic carbocycles. The van der Waals surface area contributed by atoms with E-state index in [0.29, 0.717) is 9.77 Å². The minimum atomic E-state index is -3.56. The predicted octanol–water partition coefficient (Wildman–Crippen LogP) is 2.44. The Morgan fingerprint density at radius 3 is 2.47 bits per heavy atom. The van der Waals surface area contributed by atoms with E-state index in [1.54, 1.807) is 0 Å². The fraction of sp³-hybridized carbons (Fsp3) is 0.385. The molecule has 0 saturated heterocycles. The molecule has 0 spiro atoms. The van der Waals surface area contributed by atoms with E-state index in [1.165, 1.54) is 11.3 Å². The first-order valence-corrected chi connectivity index (χ1v) is 8.29. The standard InChI is InChI=1S/C13H18N2O2S2/c1-13(2,3)15-19(16,17)12-9-6-4-5-7-10(9)18-11(12)8-14/h4-7,15H,8,14H2,1-3H3. The summed E-state index contributed by atoms with van der Waals surface area (Å²) in [6.45, 7) is 5.68. The van der Waals surface area contributed by atoms with E-state index in [0.717, 1.165) is 10.1 Å². The van der Waals surface area contributed by atoms with E-state index >= 15 is 0 Å². The molecular formula is C13H18N2O2S2. The van der Waals surface area contributed by atoms with Crippen molar-refractivity contribution in [3.63, 3.8) is 0 Å². The molecule has 0 saturated carbocycles. The molecule has 0 amide bonds. The van der Waals surface area contributed by atoms with E-state index in [2.05, 4.69) is 4.72 Å². The smallest absolute Gasteiger partial charge is 0.242 e. The van der Waals surface area contributed by atoms with Crippen molar-refractivity contribution in [1.82, 2.24) is 4.72 Å². The lowest BCUT2D eigenvalue weighted by atomic mass is 10.1. The molecule has 1 heterocycles. The lowest BCUT2D eigenvalue weighted by Gasteiger charge is -2.20. The molecule has 0 radical (unpaired) electrons. The topological polar surface area (TPSA) is 72.2 Å². The zero-order valence-electron chi connectivity index (χ0n) is 11.2. The third-order valence-corrected chi connectivity index (χ3v) is 5.72. The zero-order chi connectivity index (χ0) is 14.3. The summed E-state index contributed by atoms with van der Waals surface area (Å²) < 4.78 is 28.7. The summed E-state index contributed by atoms with van der Waals surface area (Å²) in [5.41, 5.74) is 5.17. The minimum Gasteiger partial charge on any atom is -0.326 e. The number of nitrogens with two attached hydrogens (primary N) is 1. The summed E-state index contributed by atoms with van der Waals surface area (Å²) in [5, 5.41) is 0.740. The van der Waals surface area contributed by atoms with Crippen LogP contribution in [0, 0.1) is 0 Å². The van der Waals surface area contributed by atoms with Gasteiger partial charge in [0.25, 0.3) is 0 Å². The van der Waals surface area contributed by atoms with Crippen molar-refractivity contribution in [2.45, 2.75) is 37.8 Å². The SMILES string of the molecule is CC(C)(C)NS(=O)(=O)c1c(CN)sc2ccccc12. The van der Waals surface area contributed by atoms with Gasteiger partial charge in [-0.3, -0.25) is 0 Å². The molecule has 6 heteroatoms. The molecule has 4 nitrogen and oxygen atoms in total. The molecule has 19 heavy (non-hydrogen) atoms. The van der Waals surface area contributed by atoms with Crippen molar-refractivity contribution in [2.24, 2.45) is 5.73 Å². The van der Waals surface area contributed by atoms with E-state index in [4.69, 9.17) is 5.73 Å². The van der Waals surface area contributed by atoms with E-state index < -0.39 is 15.6 Å². The van der Waals surface area contributed by atoms with Crippen LogP contribution in [0.1, 0.15) is 25.6 Å². The van der Waals surface area contributed by atoms with Gasteiger partial charge in [0.2, 0.25) is 10.0 Å². The fourth-order valence-electron chi connectivity index (χ4n) is 1.96. The molecular weight excluding hydrogens is 280 g/mol. The van der Waals surface area contributed by atoms with Gasteiger partial charge in [-0.2, -0.15) is 0 Å². The maximum Gasteiger partial charge on any atom is 0.242 e. The van der Waals surface area contributed by atoms with Gasteiger partial charge in [0.15, 0.2) is 0 Å². The minimum absolute atomic E-state index is 0.222. The Hall–Kier alpha value is -0.950. The largest absolute Gasteiger partial charge is 0.326 e. The van der Waals surface area contributed by atoms with Crippen LogP contribution in [0.4, 0.5) is 0 Å². The summed E-state index contributed by atoms with van der Waals surface area (Å²) in [4.78, 5) is 1.02. The second-order valence-electron chi connectivity index (χ2n) is 5.41. The van der Waals surface area contributed by atoms with Crippen LogP contribution in [0.15, 0.2) is 29.2 Å². The number of hydrogen-bond donors (Lipinski definition) is 2. The van der Waals surface area contributed by atoms with Crippen molar-refractivity contribution in [2.75, 3.05) is 0 Å². The normalized spacial score (nSPS) is 13.1. The Morgan fingerprint density at radius 1 is 1.26 bits per heavy atom. The first-order valence-electron chi connectivity index (χ1n) is 5.99. The van der Waals surface area contributed by atoms with Crippen LogP contribution in [-0.2, 0) is 16.6 Å². The number of fused-ring (bicyclic) bond motifs is 1. The van der Waals surface area contributed by atoms with Crippen molar-refractivity contribution in [3.05, 3.63) is 29.1 Å². The maximum atomic E-state index is 12.5. The third-order valence-electron chi connectivity index (χ3n) is 2.51. The van der Waals surface area contributed by atoms with Gasteiger partial charge in [0.05, 0.1) is 0 Å². The molecule has 104 valence electrons. The second-order valence-corrected chi connectivity index (χ2v) is 8.17. The molecule has 0 fully saturated rings. The summed E-state index contributed by atoms with van der Waals surface area (Å²) >= 11 is 1.43. The summed E-state index contributed by atoms with van der Waals surface area (Å²) in [5.74, 6) is 0. The highest BCUT2D eigenvalue weighted by atomic mass is 32.2. The number of hydrogen-bond acceptors (Lipinski definition) is 4. The van der Waals surface area contributed by atoms with Gasteiger partial charge in [0, 0.05) is 27.0 Å². The highest BCUT2D eigenvalue weighted by Gasteiger charge is 2.27. The van der Waals surface area contributed by atoms with Gasteiger partial charge in [-0.15, -0.1) is 11.3 Å². The average molecular weight is 298 g/mol. The fourth-order valence-corrected chi connectivity index (χ4v) is 5.21. The summed E-state index contributed by atoms with van der Waals surface area (Å²) in [6.07, 6.45) is 0. The predicted molar refractivity (Wildman–Crippen MR) is 79.8 cm³/mol. The Bertz CT molecular complexity index is 697. The van der Waals surface area contributed by atoms with Gasteiger partial charge in [-0.1, -0.05) is 18.2 Å². The maximum absolute atomic E-state index is 12.5. The Balaban J connectivity index is 2.67. The number of nitrogens with one attached hydrogen (secondary N) is 1. The average Bonchev–Trinajstić information content (AvgIpc) is 2.64. The van der Waals surface area contributed by atoms with Gasteiger partial charge in [0.1, 0.15) is 4.90 Å². The molecule has 0 aliphatic heterocycles. The quantitative estimate of drug-likeness (QED) is 0.914. The van der Waals surface area contributed by atoms with E-state index in [1.807, 2.05) is 45.0 Å². The molecule has 2 rings (SSSR count). The van der Waals surface area contributed by atoms with Gasteiger partial charge < -0.3 is 5.73 Å². The Labute approximate surface area is 117 Å². The first-order chi connectivity index (χ1) is 8.74. The molecule has 3 N–H and O–H groups in total. The van der Waals surface area contributed by atoms with Crippen LogP contribution in [-0.4, -0.2) is 14.0 Å². The van der Waals surface area contributed by atoms with Gasteiger partial charge in [-0.25, -0.2) is 13.1 Å². The van der Waals surface area contributed by atoms with Crippen LogP contribution in [0.5, 0.6) is 0 Å². The lowest BCUT2D eigenvalue weighted by Crippen LogP contribution is -2.40. The van der Waals surface area contributed by atoms with Gasteiger partial charge in [-0.05, 0) is 26.8 Å². The zero-order valence-corrected chi connectivity index (χ0v) is 12.9. The first kappa shape index (κ1) is 14.5. The Kier molecular flexibility index (Phi) is 3.70. The molecule has 0 atom stereocenters. The van der Waals surface area contributed by atoms with Gasteiger partial charge >= 0.3 is 0 Å². The third kappa shape index (κ3) is 2.97. The van der Waals surface area contributed by atoms with E-state index in [-0.39, 0.29) is 6.54 Å². The second kappa shape index (κ2) is 4.86. The van der Waals surface area contributed by atoms with Crippen LogP contribution in [0.2, 0.25) is 0 Å². The number of sulfonamides is 1. The van der Waals surface area contributed by atoms with Crippen LogP contribution in [0.3, 0.4) is 0 Å². The van der Waals surface area contributed by atoms with Crippen LogP contribution in [0.25, 0.3) is 10.1 Å². The van der Waals surface area contributed by atoms with Crippen LogP contribution < -0.4 is 10.5 Å². The van der Waals surface area contributed by atoms with Crippen molar-refractivity contribution in [3.8, 4) is 0 Å². The summed E-state index contributed by atoms with van der Waals surface area (Å²) in [6, 6.07) is 7.47. The number of thiophene rings is 1. The molecule has 1 aromatic heterocycles. The molecule has 0 aliphatic carbocycles. The van der Waals surface area contributed by atoms with Crippen molar-refractivity contribution >= 4 is 31.4 Å². The number of rotatable bonds is 3. The van der Waals surface area contributed by atoms with Crippen molar-refractivity contribution < 1.29 is 8.42 Å². The molecule has 0 bridgehead atoms. The van der Waals surface area contributed by atoms with E-state index in [9.17, 15) is 8.42 Å². The lowest BCUT2D eigenvalue weighted by molar-refractivity contribution is 0.491. The Morgan fingerprint density at radius 2 is 1.89 bits per heavy atom. The summed E-state index contributed by atoms with van der Waals surface area (Å²) in [7, 11) is -3.56. The molecule has 0 aliphatic rings.